The highest BCUT2D eigenvalue weighted by Gasteiger charge is 2.30. The smallest absolute Gasteiger partial charge is 0.222 e. The van der Waals surface area contributed by atoms with Crippen molar-refractivity contribution in [2.45, 2.75) is 33.1 Å². The third-order valence-electron chi connectivity index (χ3n) is 4.26. The van der Waals surface area contributed by atoms with Gasteiger partial charge in [-0.3, -0.25) is 4.79 Å². The van der Waals surface area contributed by atoms with Gasteiger partial charge in [0.15, 0.2) is 0 Å². The molecule has 0 aromatic carbocycles. The number of halogens is 1. The van der Waals surface area contributed by atoms with Crippen molar-refractivity contribution in [2.75, 3.05) is 26.2 Å². The quantitative estimate of drug-likeness (QED) is 0.823. The first-order valence-electron chi connectivity index (χ1n) is 6.65. The minimum atomic E-state index is 0. The molecule has 2 aliphatic rings. The summed E-state index contributed by atoms with van der Waals surface area (Å²) in [4.78, 5) is 14.2. The molecule has 0 aromatic rings. The first-order chi connectivity index (χ1) is 7.66. The number of piperidine rings is 1. The highest BCUT2D eigenvalue weighted by Crippen LogP contribution is 2.25. The number of nitrogens with zero attached hydrogens (tertiary/aromatic N) is 1. The average molecular weight is 261 g/mol. The summed E-state index contributed by atoms with van der Waals surface area (Å²) in [7, 11) is 0. The molecule has 0 radical (unpaired) electrons. The van der Waals surface area contributed by atoms with Crippen molar-refractivity contribution < 1.29 is 4.79 Å². The highest BCUT2D eigenvalue weighted by atomic mass is 35.5. The van der Waals surface area contributed by atoms with Crippen LogP contribution in [0, 0.1) is 17.8 Å². The zero-order valence-electron chi connectivity index (χ0n) is 10.9. The number of hydrogen-bond donors (Lipinski definition) is 1. The molecule has 2 heterocycles. The van der Waals surface area contributed by atoms with Gasteiger partial charge in [-0.2, -0.15) is 0 Å². The van der Waals surface area contributed by atoms with Gasteiger partial charge < -0.3 is 10.2 Å². The molecule has 17 heavy (non-hydrogen) atoms. The summed E-state index contributed by atoms with van der Waals surface area (Å²) in [5.74, 6) is 2.37. The Hall–Kier alpha value is -0.280. The second-order valence-corrected chi connectivity index (χ2v) is 5.65. The lowest BCUT2D eigenvalue weighted by molar-refractivity contribution is -0.131. The predicted octanol–water partition coefficient (Wildman–Crippen LogP) is 1.91. The molecule has 2 saturated heterocycles. The molecule has 3 nitrogen and oxygen atoms in total. The monoisotopic (exact) mass is 260 g/mol. The van der Waals surface area contributed by atoms with Gasteiger partial charge in [0.05, 0.1) is 0 Å². The van der Waals surface area contributed by atoms with Crippen LogP contribution in [0.15, 0.2) is 0 Å². The summed E-state index contributed by atoms with van der Waals surface area (Å²) in [5, 5.41) is 3.35. The summed E-state index contributed by atoms with van der Waals surface area (Å²) in [6.07, 6.45) is 3.12. The van der Waals surface area contributed by atoms with Crippen LogP contribution in [-0.2, 0) is 4.79 Å². The number of hydrogen-bond acceptors (Lipinski definition) is 2. The molecule has 2 unspecified atom stereocenters. The summed E-state index contributed by atoms with van der Waals surface area (Å²) >= 11 is 0. The molecule has 0 aliphatic carbocycles. The van der Waals surface area contributed by atoms with Gasteiger partial charge in [0.2, 0.25) is 5.91 Å². The van der Waals surface area contributed by atoms with Gasteiger partial charge in [0.1, 0.15) is 0 Å². The highest BCUT2D eigenvalue weighted by molar-refractivity contribution is 5.85. The van der Waals surface area contributed by atoms with Crippen molar-refractivity contribution in [3.63, 3.8) is 0 Å². The van der Waals surface area contributed by atoms with E-state index in [4.69, 9.17) is 0 Å². The minimum Gasteiger partial charge on any atom is -0.342 e. The van der Waals surface area contributed by atoms with Crippen molar-refractivity contribution >= 4 is 18.3 Å². The zero-order valence-corrected chi connectivity index (χ0v) is 11.8. The second-order valence-electron chi connectivity index (χ2n) is 5.65. The fraction of sp³-hybridized carbons (Fsp3) is 0.923. The Morgan fingerprint density at radius 2 is 1.71 bits per heavy atom. The Morgan fingerprint density at radius 1 is 1.18 bits per heavy atom. The van der Waals surface area contributed by atoms with Crippen LogP contribution >= 0.6 is 12.4 Å². The molecule has 2 atom stereocenters. The van der Waals surface area contributed by atoms with Crippen LogP contribution in [0.5, 0.6) is 0 Å². The van der Waals surface area contributed by atoms with Gasteiger partial charge in [-0.15, -0.1) is 12.4 Å². The SMILES string of the molecule is CC1CN(C(=O)CC2CCNCC2)CC1C.Cl. The van der Waals surface area contributed by atoms with Crippen LogP contribution in [0.2, 0.25) is 0 Å². The molecular weight excluding hydrogens is 236 g/mol. The Labute approximate surface area is 111 Å². The number of carbonyl (C=O) groups is 1. The lowest BCUT2D eigenvalue weighted by Crippen LogP contribution is -2.34. The number of rotatable bonds is 2. The van der Waals surface area contributed by atoms with E-state index in [0.717, 1.165) is 32.6 Å². The average Bonchev–Trinajstić information content (AvgIpc) is 2.61. The summed E-state index contributed by atoms with van der Waals surface area (Å²) in [6, 6.07) is 0. The van der Waals surface area contributed by atoms with Crippen molar-refractivity contribution in [3.05, 3.63) is 0 Å². The van der Waals surface area contributed by atoms with Crippen LogP contribution < -0.4 is 5.32 Å². The Kier molecular flexibility index (Phi) is 5.74. The summed E-state index contributed by atoms with van der Waals surface area (Å²) in [6.45, 7) is 8.64. The van der Waals surface area contributed by atoms with Crippen LogP contribution in [0.25, 0.3) is 0 Å². The van der Waals surface area contributed by atoms with E-state index in [9.17, 15) is 4.79 Å². The molecule has 0 bridgehead atoms. The molecule has 1 amide bonds. The lowest BCUT2D eigenvalue weighted by Gasteiger charge is -2.24. The zero-order chi connectivity index (χ0) is 11.5. The molecule has 1 N–H and O–H groups in total. The fourth-order valence-corrected chi connectivity index (χ4v) is 2.80. The maximum atomic E-state index is 12.1. The van der Waals surface area contributed by atoms with Crippen molar-refractivity contribution in [3.8, 4) is 0 Å². The normalized spacial score (nSPS) is 30.1. The Morgan fingerprint density at radius 3 is 2.24 bits per heavy atom. The molecule has 4 heteroatoms. The third kappa shape index (κ3) is 3.85. The second kappa shape index (κ2) is 6.60. The van der Waals surface area contributed by atoms with Crippen LogP contribution in [-0.4, -0.2) is 37.0 Å². The largest absolute Gasteiger partial charge is 0.342 e. The first-order valence-corrected chi connectivity index (χ1v) is 6.65. The lowest BCUT2D eigenvalue weighted by atomic mass is 9.94. The van der Waals surface area contributed by atoms with E-state index in [2.05, 4.69) is 24.1 Å². The van der Waals surface area contributed by atoms with Gasteiger partial charge in [-0.25, -0.2) is 0 Å². The third-order valence-corrected chi connectivity index (χ3v) is 4.26. The van der Waals surface area contributed by atoms with Crippen LogP contribution in [0.1, 0.15) is 33.1 Å². The van der Waals surface area contributed by atoms with Crippen molar-refractivity contribution in [1.82, 2.24) is 10.2 Å². The topological polar surface area (TPSA) is 32.3 Å². The van der Waals surface area contributed by atoms with E-state index in [0.29, 0.717) is 23.7 Å². The molecular formula is C13H25ClN2O. The molecule has 2 rings (SSSR count). The predicted molar refractivity (Wildman–Crippen MR) is 72.4 cm³/mol. The van der Waals surface area contributed by atoms with Crippen molar-refractivity contribution in [1.29, 1.82) is 0 Å². The Balaban J connectivity index is 0.00000144. The maximum absolute atomic E-state index is 12.1. The molecule has 2 aliphatic heterocycles. The van der Waals surface area contributed by atoms with Gasteiger partial charge in [-0.1, -0.05) is 13.8 Å². The van der Waals surface area contributed by atoms with E-state index < -0.39 is 0 Å². The van der Waals surface area contributed by atoms with E-state index in [1.165, 1.54) is 12.8 Å². The van der Waals surface area contributed by atoms with E-state index >= 15 is 0 Å². The van der Waals surface area contributed by atoms with Gasteiger partial charge >= 0.3 is 0 Å². The minimum absolute atomic E-state index is 0. The molecule has 2 fully saturated rings. The van der Waals surface area contributed by atoms with Gasteiger partial charge in [0, 0.05) is 19.5 Å². The van der Waals surface area contributed by atoms with Gasteiger partial charge in [0.25, 0.3) is 0 Å². The van der Waals surface area contributed by atoms with Crippen LogP contribution in [0.4, 0.5) is 0 Å². The molecule has 100 valence electrons. The number of nitrogens with one attached hydrogen (secondary N) is 1. The number of carbonyl (C=O) groups excluding carboxylic acids is 1. The summed E-state index contributed by atoms with van der Waals surface area (Å²) in [5.41, 5.74) is 0. The van der Waals surface area contributed by atoms with E-state index in [1.807, 2.05) is 0 Å². The Bertz CT molecular complexity index is 244. The van der Waals surface area contributed by atoms with E-state index in [-0.39, 0.29) is 12.4 Å². The number of amides is 1. The van der Waals surface area contributed by atoms with Gasteiger partial charge in [-0.05, 0) is 43.7 Å². The molecule has 0 aromatic heterocycles. The van der Waals surface area contributed by atoms with Crippen molar-refractivity contribution in [2.24, 2.45) is 17.8 Å². The molecule has 0 spiro atoms. The van der Waals surface area contributed by atoms with Crippen LogP contribution in [0.3, 0.4) is 0 Å². The summed E-state index contributed by atoms with van der Waals surface area (Å²) < 4.78 is 0. The fourth-order valence-electron chi connectivity index (χ4n) is 2.80. The molecule has 0 saturated carbocycles. The maximum Gasteiger partial charge on any atom is 0.222 e. The standard InChI is InChI=1S/C13H24N2O.ClH/c1-10-8-15(9-11(10)2)13(16)7-12-3-5-14-6-4-12;/h10-12,14H,3-9H2,1-2H3;1H. The number of likely N-dealkylation sites (tertiary alicyclic amines) is 1. The first kappa shape index (κ1) is 14.8. The van der Waals surface area contributed by atoms with E-state index in [1.54, 1.807) is 0 Å².